The van der Waals surface area contributed by atoms with Gasteiger partial charge in [0.1, 0.15) is 5.75 Å². The molecule has 168 valence electrons. The minimum Gasteiger partial charge on any atom is -0.493 e. The molecule has 1 N–H and O–H groups in total. The third kappa shape index (κ3) is 5.94. The van der Waals surface area contributed by atoms with E-state index in [2.05, 4.69) is 36.2 Å². The van der Waals surface area contributed by atoms with E-state index in [-0.39, 0.29) is 5.91 Å². The Bertz CT molecular complexity index is 1030. The maximum atomic E-state index is 12.9. The SMILES string of the molecule is CC(C)COc1cccc(C(=O)Nc2nc(-c3ccccc3)c(CN3CCOCC3)s2)c1. The van der Waals surface area contributed by atoms with Gasteiger partial charge in [0.15, 0.2) is 5.13 Å². The van der Waals surface area contributed by atoms with Crippen LogP contribution in [0.2, 0.25) is 0 Å². The number of hydrogen-bond acceptors (Lipinski definition) is 6. The van der Waals surface area contributed by atoms with Gasteiger partial charge in [0.25, 0.3) is 5.91 Å². The second kappa shape index (κ2) is 10.7. The summed E-state index contributed by atoms with van der Waals surface area (Å²) < 4.78 is 11.2. The summed E-state index contributed by atoms with van der Waals surface area (Å²) in [6.07, 6.45) is 0. The van der Waals surface area contributed by atoms with E-state index in [1.807, 2.05) is 30.3 Å². The zero-order valence-electron chi connectivity index (χ0n) is 18.5. The lowest BCUT2D eigenvalue weighted by atomic mass is 10.1. The molecular weight excluding hydrogens is 422 g/mol. The second-order valence-corrected chi connectivity index (χ2v) is 9.32. The quantitative estimate of drug-likeness (QED) is 0.526. The summed E-state index contributed by atoms with van der Waals surface area (Å²) >= 11 is 1.53. The summed E-state index contributed by atoms with van der Waals surface area (Å²) in [5, 5.41) is 3.59. The van der Waals surface area contributed by atoms with Crippen molar-refractivity contribution in [2.45, 2.75) is 20.4 Å². The number of ether oxygens (including phenoxy) is 2. The fourth-order valence-electron chi connectivity index (χ4n) is 3.46. The first-order valence-corrected chi connectivity index (χ1v) is 11.8. The molecule has 1 saturated heterocycles. The number of nitrogens with one attached hydrogen (secondary N) is 1. The van der Waals surface area contributed by atoms with Crippen LogP contribution in [0.15, 0.2) is 54.6 Å². The lowest BCUT2D eigenvalue weighted by Gasteiger charge is -2.26. The fourth-order valence-corrected chi connectivity index (χ4v) is 4.48. The summed E-state index contributed by atoms with van der Waals surface area (Å²) in [6, 6.07) is 17.4. The number of thiazole rings is 1. The largest absolute Gasteiger partial charge is 0.493 e. The van der Waals surface area contributed by atoms with Gasteiger partial charge in [-0.3, -0.25) is 15.0 Å². The molecule has 6 nitrogen and oxygen atoms in total. The topological polar surface area (TPSA) is 63.7 Å². The Morgan fingerprint density at radius 3 is 2.69 bits per heavy atom. The van der Waals surface area contributed by atoms with Gasteiger partial charge in [-0.1, -0.05) is 61.6 Å². The van der Waals surface area contributed by atoms with Crippen molar-refractivity contribution in [1.29, 1.82) is 0 Å². The van der Waals surface area contributed by atoms with Crippen LogP contribution < -0.4 is 10.1 Å². The Kier molecular flexibility index (Phi) is 7.52. The van der Waals surface area contributed by atoms with Gasteiger partial charge in [0.05, 0.1) is 25.5 Å². The molecule has 2 aromatic carbocycles. The maximum Gasteiger partial charge on any atom is 0.257 e. The van der Waals surface area contributed by atoms with E-state index in [9.17, 15) is 4.79 Å². The summed E-state index contributed by atoms with van der Waals surface area (Å²) in [5.74, 6) is 0.929. The van der Waals surface area contributed by atoms with E-state index >= 15 is 0 Å². The Balaban J connectivity index is 1.53. The van der Waals surface area contributed by atoms with Crippen LogP contribution in [0.1, 0.15) is 29.1 Å². The first-order chi connectivity index (χ1) is 15.6. The second-order valence-electron chi connectivity index (χ2n) is 8.23. The Labute approximate surface area is 193 Å². The first-order valence-electron chi connectivity index (χ1n) is 11.0. The van der Waals surface area contributed by atoms with Crippen LogP contribution in [0.3, 0.4) is 0 Å². The summed E-state index contributed by atoms with van der Waals surface area (Å²) in [7, 11) is 0. The van der Waals surface area contributed by atoms with Crippen molar-refractivity contribution in [2.24, 2.45) is 5.92 Å². The molecule has 0 spiro atoms. The molecule has 0 bridgehead atoms. The minimum atomic E-state index is -0.189. The fraction of sp³-hybridized carbons (Fsp3) is 0.360. The van der Waals surface area contributed by atoms with Gasteiger partial charge in [-0.25, -0.2) is 4.98 Å². The van der Waals surface area contributed by atoms with E-state index in [1.54, 1.807) is 12.1 Å². The number of rotatable bonds is 8. The number of anilines is 1. The summed E-state index contributed by atoms with van der Waals surface area (Å²) in [4.78, 5) is 21.2. The molecule has 0 aliphatic carbocycles. The molecule has 1 fully saturated rings. The first kappa shape index (κ1) is 22.5. The number of morpholine rings is 1. The van der Waals surface area contributed by atoms with Crippen LogP contribution in [0.5, 0.6) is 5.75 Å². The smallest absolute Gasteiger partial charge is 0.257 e. The van der Waals surface area contributed by atoms with E-state index in [0.717, 1.165) is 49.0 Å². The van der Waals surface area contributed by atoms with E-state index < -0.39 is 0 Å². The van der Waals surface area contributed by atoms with Crippen molar-refractivity contribution in [3.63, 3.8) is 0 Å². The molecule has 0 radical (unpaired) electrons. The Hall–Kier alpha value is -2.74. The predicted octanol–water partition coefficient (Wildman–Crippen LogP) is 4.93. The number of carbonyl (C=O) groups is 1. The minimum absolute atomic E-state index is 0.189. The van der Waals surface area contributed by atoms with Crippen LogP contribution in [-0.4, -0.2) is 48.7 Å². The van der Waals surface area contributed by atoms with Crippen molar-refractivity contribution in [3.8, 4) is 17.0 Å². The lowest BCUT2D eigenvalue weighted by molar-refractivity contribution is 0.0347. The van der Waals surface area contributed by atoms with E-state index in [4.69, 9.17) is 14.5 Å². The molecule has 7 heteroatoms. The van der Waals surface area contributed by atoms with Crippen molar-refractivity contribution < 1.29 is 14.3 Å². The van der Waals surface area contributed by atoms with Gasteiger partial charge >= 0.3 is 0 Å². The van der Waals surface area contributed by atoms with Crippen molar-refractivity contribution in [2.75, 3.05) is 38.2 Å². The number of hydrogen-bond donors (Lipinski definition) is 1. The lowest BCUT2D eigenvalue weighted by Crippen LogP contribution is -2.35. The van der Waals surface area contributed by atoms with Crippen molar-refractivity contribution in [3.05, 3.63) is 65.0 Å². The van der Waals surface area contributed by atoms with Crippen LogP contribution in [-0.2, 0) is 11.3 Å². The van der Waals surface area contributed by atoms with Crippen LogP contribution in [0.25, 0.3) is 11.3 Å². The predicted molar refractivity (Wildman–Crippen MR) is 128 cm³/mol. The molecule has 0 saturated carbocycles. The van der Waals surface area contributed by atoms with Crippen molar-refractivity contribution >= 4 is 22.4 Å². The Morgan fingerprint density at radius 2 is 1.94 bits per heavy atom. The normalized spacial score (nSPS) is 14.5. The summed E-state index contributed by atoms with van der Waals surface area (Å²) in [6.45, 7) is 8.89. The number of carbonyl (C=O) groups excluding carboxylic acids is 1. The molecule has 32 heavy (non-hydrogen) atoms. The van der Waals surface area contributed by atoms with Crippen LogP contribution in [0.4, 0.5) is 5.13 Å². The monoisotopic (exact) mass is 451 g/mol. The molecule has 2 heterocycles. The van der Waals surface area contributed by atoms with Gasteiger partial charge in [-0.15, -0.1) is 0 Å². The average Bonchev–Trinajstić information content (AvgIpc) is 3.21. The van der Waals surface area contributed by atoms with E-state index in [0.29, 0.717) is 29.0 Å². The Morgan fingerprint density at radius 1 is 1.16 bits per heavy atom. The van der Waals surface area contributed by atoms with Gasteiger partial charge in [-0.05, 0) is 24.1 Å². The number of benzene rings is 2. The molecule has 0 atom stereocenters. The zero-order chi connectivity index (χ0) is 22.3. The average molecular weight is 452 g/mol. The molecule has 0 unspecified atom stereocenters. The van der Waals surface area contributed by atoms with Gasteiger partial charge < -0.3 is 9.47 Å². The molecule has 4 rings (SSSR count). The maximum absolute atomic E-state index is 12.9. The zero-order valence-corrected chi connectivity index (χ0v) is 19.4. The van der Waals surface area contributed by atoms with Crippen LogP contribution >= 0.6 is 11.3 Å². The molecule has 1 aliphatic rings. The summed E-state index contributed by atoms with van der Waals surface area (Å²) in [5.41, 5.74) is 2.53. The molecule has 1 amide bonds. The highest BCUT2D eigenvalue weighted by molar-refractivity contribution is 7.16. The van der Waals surface area contributed by atoms with Gasteiger partial charge in [0, 0.05) is 35.6 Å². The van der Waals surface area contributed by atoms with Gasteiger partial charge in [0.2, 0.25) is 0 Å². The van der Waals surface area contributed by atoms with Gasteiger partial charge in [-0.2, -0.15) is 0 Å². The number of nitrogens with zero attached hydrogens (tertiary/aromatic N) is 2. The third-order valence-corrected chi connectivity index (χ3v) is 6.07. The van der Waals surface area contributed by atoms with Crippen LogP contribution in [0, 0.1) is 5.92 Å². The molecule has 1 aliphatic heterocycles. The number of aromatic nitrogens is 1. The highest BCUT2D eigenvalue weighted by atomic mass is 32.1. The number of amides is 1. The van der Waals surface area contributed by atoms with E-state index in [1.165, 1.54) is 11.3 Å². The standard InChI is InChI=1S/C25H29N3O3S/c1-18(2)17-31-21-10-6-9-20(15-21)24(29)27-25-26-23(19-7-4-3-5-8-19)22(32-25)16-28-11-13-30-14-12-28/h3-10,15,18H,11-14,16-17H2,1-2H3,(H,26,27,29). The van der Waals surface area contributed by atoms with Crippen molar-refractivity contribution in [1.82, 2.24) is 9.88 Å². The molecular formula is C25H29N3O3S. The highest BCUT2D eigenvalue weighted by Gasteiger charge is 2.19. The highest BCUT2D eigenvalue weighted by Crippen LogP contribution is 2.32. The third-order valence-electron chi connectivity index (χ3n) is 5.12. The molecule has 1 aromatic heterocycles. The molecule has 3 aromatic rings.